The van der Waals surface area contributed by atoms with E-state index in [4.69, 9.17) is 4.74 Å². The van der Waals surface area contributed by atoms with E-state index >= 15 is 0 Å². The lowest BCUT2D eigenvalue weighted by molar-refractivity contribution is -0.125. The first kappa shape index (κ1) is 11.2. The molecule has 2 amide bonds. The zero-order chi connectivity index (χ0) is 11.5. The van der Waals surface area contributed by atoms with Gasteiger partial charge in [-0.2, -0.15) is 0 Å². The van der Waals surface area contributed by atoms with Crippen LogP contribution < -0.4 is 5.32 Å². The maximum atomic E-state index is 11.7. The lowest BCUT2D eigenvalue weighted by Crippen LogP contribution is -2.37. The van der Waals surface area contributed by atoms with Gasteiger partial charge in [0.15, 0.2) is 0 Å². The molecule has 1 unspecified atom stereocenters. The summed E-state index contributed by atoms with van der Waals surface area (Å²) < 4.78 is 5.06. The highest BCUT2D eigenvalue weighted by Gasteiger charge is 2.29. The third-order valence-electron chi connectivity index (χ3n) is 3.29. The van der Waals surface area contributed by atoms with Gasteiger partial charge >= 0.3 is 6.09 Å². The third kappa shape index (κ3) is 2.46. The molecule has 1 aliphatic heterocycles. The van der Waals surface area contributed by atoms with Gasteiger partial charge in [-0.15, -0.1) is 0 Å². The number of rotatable bonds is 3. The minimum atomic E-state index is -0.305. The van der Waals surface area contributed by atoms with Gasteiger partial charge in [0, 0.05) is 13.0 Å². The van der Waals surface area contributed by atoms with Crippen molar-refractivity contribution in [3.8, 4) is 0 Å². The van der Waals surface area contributed by atoms with Crippen LogP contribution in [0.1, 0.15) is 25.7 Å². The van der Waals surface area contributed by atoms with E-state index in [1.54, 1.807) is 7.05 Å². The maximum absolute atomic E-state index is 11.7. The van der Waals surface area contributed by atoms with Crippen LogP contribution in [0.25, 0.3) is 0 Å². The monoisotopic (exact) mass is 226 g/mol. The highest BCUT2D eigenvalue weighted by atomic mass is 16.6. The van der Waals surface area contributed by atoms with Crippen LogP contribution in [0, 0.1) is 5.92 Å². The summed E-state index contributed by atoms with van der Waals surface area (Å²) in [6.07, 6.45) is 3.80. The van der Waals surface area contributed by atoms with Crippen LogP contribution in [0.3, 0.4) is 0 Å². The number of amides is 2. The van der Waals surface area contributed by atoms with Crippen molar-refractivity contribution in [3.63, 3.8) is 0 Å². The number of hydrogen-bond acceptors (Lipinski definition) is 3. The molecule has 5 heteroatoms. The molecule has 2 fully saturated rings. The summed E-state index contributed by atoms with van der Waals surface area (Å²) in [4.78, 5) is 24.3. The van der Waals surface area contributed by atoms with Gasteiger partial charge in [0.25, 0.3) is 0 Å². The molecule has 1 saturated heterocycles. The zero-order valence-electron chi connectivity index (χ0n) is 9.57. The molecule has 2 aliphatic rings. The second kappa shape index (κ2) is 4.72. The van der Waals surface area contributed by atoms with Crippen LogP contribution in [0.15, 0.2) is 0 Å². The lowest BCUT2D eigenvalue weighted by Gasteiger charge is -2.13. The van der Waals surface area contributed by atoms with Gasteiger partial charge in [0.1, 0.15) is 6.10 Å². The summed E-state index contributed by atoms with van der Waals surface area (Å²) in [5.74, 6) is 0.290. The van der Waals surface area contributed by atoms with Crippen molar-refractivity contribution in [2.45, 2.75) is 31.8 Å². The molecule has 0 aromatic heterocycles. The Bertz CT molecular complexity index is 287. The first-order chi connectivity index (χ1) is 7.66. The number of nitrogens with one attached hydrogen (secondary N) is 1. The average molecular weight is 226 g/mol. The topological polar surface area (TPSA) is 58.6 Å². The van der Waals surface area contributed by atoms with Crippen LogP contribution >= 0.6 is 0 Å². The molecule has 1 aliphatic carbocycles. The van der Waals surface area contributed by atoms with Crippen LogP contribution in [0.4, 0.5) is 4.79 Å². The highest BCUT2D eigenvalue weighted by molar-refractivity contribution is 5.79. The Balaban J connectivity index is 1.71. The maximum Gasteiger partial charge on any atom is 0.410 e. The molecule has 5 nitrogen and oxygen atoms in total. The quantitative estimate of drug-likeness (QED) is 0.772. The first-order valence-electron chi connectivity index (χ1n) is 5.86. The van der Waals surface area contributed by atoms with Crippen LogP contribution in [-0.4, -0.2) is 43.1 Å². The van der Waals surface area contributed by atoms with Crippen molar-refractivity contribution >= 4 is 12.0 Å². The fourth-order valence-electron chi connectivity index (χ4n) is 2.30. The van der Waals surface area contributed by atoms with Crippen molar-refractivity contribution < 1.29 is 14.3 Å². The Hall–Kier alpha value is -1.26. The number of ether oxygens (including phenoxy) is 1. The Kier molecular flexibility index (Phi) is 3.31. The predicted octanol–water partition coefficient (Wildman–Crippen LogP) is 0.743. The molecule has 16 heavy (non-hydrogen) atoms. The Labute approximate surface area is 95.1 Å². The molecule has 0 aromatic rings. The molecule has 1 atom stereocenters. The fourth-order valence-corrected chi connectivity index (χ4v) is 2.30. The molecule has 2 rings (SSSR count). The number of carbonyl (C=O) groups is 2. The molecule has 90 valence electrons. The number of nitrogens with zero attached hydrogens (tertiary/aromatic N) is 1. The molecule has 0 aromatic carbocycles. The molecular weight excluding hydrogens is 208 g/mol. The number of likely N-dealkylation sites (N-methyl/N-ethyl adjacent to an activating group) is 1. The van der Waals surface area contributed by atoms with Crippen LogP contribution in [-0.2, 0) is 9.53 Å². The normalized spacial score (nSPS) is 25.9. The van der Waals surface area contributed by atoms with E-state index in [0.717, 1.165) is 25.7 Å². The average Bonchev–Trinajstić information content (AvgIpc) is 2.86. The van der Waals surface area contributed by atoms with Gasteiger partial charge in [-0.05, 0) is 12.8 Å². The van der Waals surface area contributed by atoms with Gasteiger partial charge < -0.3 is 15.0 Å². The fraction of sp³-hybridized carbons (Fsp3) is 0.818. The summed E-state index contributed by atoms with van der Waals surface area (Å²) >= 11 is 0. The van der Waals surface area contributed by atoms with Gasteiger partial charge in [-0.1, -0.05) is 12.8 Å². The molecule has 0 spiro atoms. The van der Waals surface area contributed by atoms with E-state index < -0.39 is 0 Å². The van der Waals surface area contributed by atoms with E-state index in [9.17, 15) is 9.59 Å². The molecule has 0 radical (unpaired) electrons. The standard InChI is InChI=1S/C11H18N2O3/c1-13-7-9(16-11(13)15)6-12-10(14)8-4-2-3-5-8/h8-9H,2-7H2,1H3,(H,12,14). The molecular formula is C11H18N2O3. The summed E-state index contributed by atoms with van der Waals surface area (Å²) in [5, 5.41) is 2.86. The minimum Gasteiger partial charge on any atom is -0.442 e. The van der Waals surface area contributed by atoms with Crippen molar-refractivity contribution in [3.05, 3.63) is 0 Å². The smallest absolute Gasteiger partial charge is 0.410 e. The Morgan fingerprint density at radius 2 is 2.19 bits per heavy atom. The summed E-state index contributed by atoms with van der Waals surface area (Å²) in [6.45, 7) is 0.995. The van der Waals surface area contributed by atoms with Crippen molar-refractivity contribution in [1.29, 1.82) is 0 Å². The van der Waals surface area contributed by atoms with Crippen molar-refractivity contribution in [2.75, 3.05) is 20.1 Å². The summed E-state index contributed by atoms with van der Waals surface area (Å²) in [7, 11) is 1.70. The highest BCUT2D eigenvalue weighted by Crippen LogP contribution is 2.24. The van der Waals surface area contributed by atoms with Gasteiger partial charge in [0.2, 0.25) is 5.91 Å². The van der Waals surface area contributed by atoms with Crippen molar-refractivity contribution in [2.24, 2.45) is 5.92 Å². The van der Waals surface area contributed by atoms with Crippen molar-refractivity contribution in [1.82, 2.24) is 10.2 Å². The molecule has 1 saturated carbocycles. The summed E-state index contributed by atoms with van der Waals surface area (Å²) in [5.41, 5.74) is 0. The minimum absolute atomic E-state index is 0.114. The lowest BCUT2D eigenvalue weighted by atomic mass is 10.1. The summed E-state index contributed by atoms with van der Waals surface area (Å²) in [6, 6.07) is 0. The van der Waals surface area contributed by atoms with E-state index in [1.807, 2.05) is 0 Å². The van der Waals surface area contributed by atoms with Crippen LogP contribution in [0.2, 0.25) is 0 Å². The largest absolute Gasteiger partial charge is 0.442 e. The van der Waals surface area contributed by atoms with Gasteiger partial charge in [-0.25, -0.2) is 4.79 Å². The molecule has 1 N–H and O–H groups in total. The van der Waals surface area contributed by atoms with E-state index in [2.05, 4.69) is 5.32 Å². The second-order valence-corrected chi connectivity index (χ2v) is 4.61. The number of carbonyl (C=O) groups excluding carboxylic acids is 2. The van der Waals surface area contributed by atoms with E-state index in [0.29, 0.717) is 13.1 Å². The SMILES string of the molecule is CN1CC(CNC(=O)C2CCCC2)OC1=O. The second-order valence-electron chi connectivity index (χ2n) is 4.61. The zero-order valence-corrected chi connectivity index (χ0v) is 9.57. The van der Waals surface area contributed by atoms with E-state index in [1.165, 1.54) is 4.90 Å². The Morgan fingerprint density at radius 1 is 1.50 bits per heavy atom. The number of hydrogen-bond donors (Lipinski definition) is 1. The molecule has 1 heterocycles. The first-order valence-corrected chi connectivity index (χ1v) is 5.86. The number of cyclic esters (lactones) is 1. The van der Waals surface area contributed by atoms with Gasteiger partial charge in [0.05, 0.1) is 13.1 Å². The third-order valence-corrected chi connectivity index (χ3v) is 3.29. The molecule has 0 bridgehead atoms. The van der Waals surface area contributed by atoms with Gasteiger partial charge in [-0.3, -0.25) is 4.79 Å². The Morgan fingerprint density at radius 3 is 2.75 bits per heavy atom. The van der Waals surface area contributed by atoms with Crippen LogP contribution in [0.5, 0.6) is 0 Å². The predicted molar refractivity (Wildman–Crippen MR) is 57.9 cm³/mol. The van der Waals surface area contributed by atoms with E-state index in [-0.39, 0.29) is 24.0 Å².